The van der Waals surface area contributed by atoms with Gasteiger partial charge in [-0.25, -0.2) is 0 Å². The molecule has 0 aliphatic heterocycles. The summed E-state index contributed by atoms with van der Waals surface area (Å²) in [7, 11) is 0. The lowest BCUT2D eigenvalue weighted by atomic mass is 9.97. The molecular formula is C11H22O. The average molecular weight is 170 g/mol. The van der Waals surface area contributed by atoms with Crippen molar-refractivity contribution in [3.8, 4) is 0 Å². The highest BCUT2D eigenvalue weighted by atomic mass is 16.1. The lowest BCUT2D eigenvalue weighted by Crippen LogP contribution is -2.09. The van der Waals surface area contributed by atoms with Gasteiger partial charge in [0.25, 0.3) is 0 Å². The first-order valence-corrected chi connectivity index (χ1v) is 5.10. The molecule has 0 bridgehead atoms. The highest BCUT2D eigenvalue weighted by molar-refractivity contribution is 5.80. The lowest BCUT2D eigenvalue weighted by Gasteiger charge is -2.07. The maximum absolute atomic E-state index is 11.4. The second kappa shape index (κ2) is 6.22. The highest BCUT2D eigenvalue weighted by Crippen LogP contribution is 2.11. The van der Waals surface area contributed by atoms with Gasteiger partial charge in [-0.15, -0.1) is 0 Å². The predicted octanol–water partition coefficient (Wildman–Crippen LogP) is 3.43. The molecule has 1 heteroatoms. The van der Waals surface area contributed by atoms with Gasteiger partial charge < -0.3 is 0 Å². The smallest absolute Gasteiger partial charge is 0.135 e. The van der Waals surface area contributed by atoms with Crippen molar-refractivity contribution in [2.45, 2.75) is 53.4 Å². The summed E-state index contributed by atoms with van der Waals surface area (Å²) in [5, 5.41) is 0. The standard InChI is InChI=1S/C11H22O/c1-5-10(4)11(12)8-6-7-9(2)3/h9-10H,5-8H2,1-4H3/t10-/m1/s1. The quantitative estimate of drug-likeness (QED) is 0.597. The molecule has 0 spiro atoms. The molecule has 1 atom stereocenters. The third-order valence-electron chi connectivity index (χ3n) is 2.37. The molecule has 0 fully saturated rings. The van der Waals surface area contributed by atoms with Gasteiger partial charge in [-0.1, -0.05) is 34.1 Å². The fraction of sp³-hybridized carbons (Fsp3) is 0.909. The summed E-state index contributed by atoms with van der Waals surface area (Å²) in [6.07, 6.45) is 4.02. The minimum Gasteiger partial charge on any atom is -0.299 e. The van der Waals surface area contributed by atoms with E-state index in [-0.39, 0.29) is 5.92 Å². The van der Waals surface area contributed by atoms with Crippen molar-refractivity contribution in [3.05, 3.63) is 0 Å². The molecule has 0 saturated heterocycles. The van der Waals surface area contributed by atoms with Crippen LogP contribution in [-0.4, -0.2) is 5.78 Å². The molecule has 12 heavy (non-hydrogen) atoms. The molecule has 0 heterocycles. The molecule has 0 aromatic rings. The van der Waals surface area contributed by atoms with Crippen LogP contribution in [0.25, 0.3) is 0 Å². The number of ketones is 1. The van der Waals surface area contributed by atoms with E-state index >= 15 is 0 Å². The number of carbonyl (C=O) groups is 1. The number of Topliss-reactive ketones (excluding diaryl/α,β-unsaturated/α-hetero) is 1. The van der Waals surface area contributed by atoms with E-state index in [2.05, 4.69) is 20.8 Å². The van der Waals surface area contributed by atoms with E-state index in [0.29, 0.717) is 5.78 Å². The van der Waals surface area contributed by atoms with Crippen molar-refractivity contribution < 1.29 is 4.79 Å². The molecule has 0 aliphatic carbocycles. The normalized spacial score (nSPS) is 13.4. The monoisotopic (exact) mass is 170 g/mol. The van der Waals surface area contributed by atoms with E-state index in [0.717, 1.165) is 25.2 Å². The van der Waals surface area contributed by atoms with E-state index in [1.165, 1.54) is 6.42 Å². The summed E-state index contributed by atoms with van der Waals surface area (Å²) < 4.78 is 0. The zero-order valence-corrected chi connectivity index (χ0v) is 8.89. The first kappa shape index (κ1) is 11.7. The molecule has 0 aromatic carbocycles. The van der Waals surface area contributed by atoms with Crippen LogP contribution in [0.15, 0.2) is 0 Å². The summed E-state index contributed by atoms with van der Waals surface area (Å²) >= 11 is 0. The topological polar surface area (TPSA) is 17.1 Å². The Balaban J connectivity index is 3.44. The van der Waals surface area contributed by atoms with Crippen LogP contribution in [0.4, 0.5) is 0 Å². The number of hydrogen-bond acceptors (Lipinski definition) is 1. The minimum atomic E-state index is 0.275. The molecule has 0 aromatic heterocycles. The van der Waals surface area contributed by atoms with Gasteiger partial charge in [0.2, 0.25) is 0 Å². The Morgan fingerprint density at radius 1 is 1.25 bits per heavy atom. The van der Waals surface area contributed by atoms with Crippen LogP contribution in [0.3, 0.4) is 0 Å². The number of carbonyl (C=O) groups excluding carboxylic acids is 1. The molecule has 1 nitrogen and oxygen atoms in total. The van der Waals surface area contributed by atoms with E-state index < -0.39 is 0 Å². The van der Waals surface area contributed by atoms with E-state index in [1.54, 1.807) is 0 Å². The fourth-order valence-electron chi connectivity index (χ4n) is 1.16. The minimum absolute atomic E-state index is 0.275. The maximum atomic E-state index is 11.4. The highest BCUT2D eigenvalue weighted by Gasteiger charge is 2.09. The second-order valence-electron chi connectivity index (χ2n) is 4.06. The summed E-state index contributed by atoms with van der Waals surface area (Å²) in [6, 6.07) is 0. The van der Waals surface area contributed by atoms with Crippen molar-refractivity contribution in [3.63, 3.8) is 0 Å². The van der Waals surface area contributed by atoms with Crippen molar-refractivity contribution in [1.82, 2.24) is 0 Å². The summed E-state index contributed by atoms with van der Waals surface area (Å²) in [6.45, 7) is 8.50. The van der Waals surface area contributed by atoms with Gasteiger partial charge in [0.05, 0.1) is 0 Å². The van der Waals surface area contributed by atoms with Gasteiger partial charge in [-0.3, -0.25) is 4.79 Å². The van der Waals surface area contributed by atoms with Gasteiger partial charge in [-0.05, 0) is 18.8 Å². The van der Waals surface area contributed by atoms with Crippen LogP contribution >= 0.6 is 0 Å². The third-order valence-corrected chi connectivity index (χ3v) is 2.37. The average Bonchev–Trinajstić information content (AvgIpc) is 2.02. The fourth-order valence-corrected chi connectivity index (χ4v) is 1.16. The molecule has 0 unspecified atom stereocenters. The van der Waals surface area contributed by atoms with Crippen molar-refractivity contribution >= 4 is 5.78 Å². The summed E-state index contributed by atoms with van der Waals surface area (Å²) in [5.41, 5.74) is 0. The number of rotatable bonds is 6. The zero-order valence-electron chi connectivity index (χ0n) is 8.89. The Morgan fingerprint density at radius 2 is 1.83 bits per heavy atom. The van der Waals surface area contributed by atoms with Crippen LogP contribution in [0, 0.1) is 11.8 Å². The van der Waals surface area contributed by atoms with Crippen molar-refractivity contribution in [2.24, 2.45) is 11.8 Å². The SMILES string of the molecule is CC[C@@H](C)C(=O)CCCC(C)C. The van der Waals surface area contributed by atoms with Gasteiger partial charge in [-0.2, -0.15) is 0 Å². The summed E-state index contributed by atoms with van der Waals surface area (Å²) in [5.74, 6) is 1.45. The van der Waals surface area contributed by atoms with Gasteiger partial charge in [0.15, 0.2) is 0 Å². The molecule has 0 radical (unpaired) electrons. The Bertz CT molecular complexity index is 127. The van der Waals surface area contributed by atoms with Crippen molar-refractivity contribution in [1.29, 1.82) is 0 Å². The largest absolute Gasteiger partial charge is 0.299 e. The first-order chi connectivity index (χ1) is 5.57. The van der Waals surface area contributed by atoms with Gasteiger partial charge in [0.1, 0.15) is 5.78 Å². The van der Waals surface area contributed by atoms with Crippen LogP contribution < -0.4 is 0 Å². The Morgan fingerprint density at radius 3 is 2.25 bits per heavy atom. The second-order valence-corrected chi connectivity index (χ2v) is 4.06. The third kappa shape index (κ3) is 5.34. The predicted molar refractivity (Wildman–Crippen MR) is 53.2 cm³/mol. The molecule has 0 rings (SSSR count). The van der Waals surface area contributed by atoms with Crippen molar-refractivity contribution in [2.75, 3.05) is 0 Å². The molecule has 0 N–H and O–H groups in total. The molecule has 0 amide bonds. The summed E-state index contributed by atoms with van der Waals surface area (Å²) in [4.78, 5) is 11.4. The van der Waals surface area contributed by atoms with E-state index in [1.807, 2.05) is 6.92 Å². The molecule has 72 valence electrons. The Hall–Kier alpha value is -0.330. The van der Waals surface area contributed by atoms with Gasteiger partial charge in [0, 0.05) is 12.3 Å². The molecular weight excluding hydrogens is 148 g/mol. The number of hydrogen-bond donors (Lipinski definition) is 0. The Labute approximate surface area is 76.6 Å². The van der Waals surface area contributed by atoms with Crippen LogP contribution in [-0.2, 0) is 4.79 Å². The Kier molecular flexibility index (Phi) is 6.04. The van der Waals surface area contributed by atoms with E-state index in [4.69, 9.17) is 0 Å². The van der Waals surface area contributed by atoms with Gasteiger partial charge >= 0.3 is 0 Å². The first-order valence-electron chi connectivity index (χ1n) is 5.10. The lowest BCUT2D eigenvalue weighted by molar-refractivity contribution is -0.122. The van der Waals surface area contributed by atoms with Crippen LogP contribution in [0.1, 0.15) is 53.4 Å². The zero-order chi connectivity index (χ0) is 9.56. The molecule has 0 saturated carbocycles. The van der Waals surface area contributed by atoms with Crippen LogP contribution in [0.5, 0.6) is 0 Å². The molecule has 0 aliphatic rings. The maximum Gasteiger partial charge on any atom is 0.135 e. The van der Waals surface area contributed by atoms with Crippen LogP contribution in [0.2, 0.25) is 0 Å². The van der Waals surface area contributed by atoms with E-state index in [9.17, 15) is 4.79 Å².